The van der Waals surface area contributed by atoms with E-state index in [1.807, 2.05) is 30.3 Å². The van der Waals surface area contributed by atoms with Gasteiger partial charge >= 0.3 is 0 Å². The number of hydrogen-bond acceptors (Lipinski definition) is 5. The maximum atomic E-state index is 12.8. The van der Waals surface area contributed by atoms with Crippen molar-refractivity contribution in [2.75, 3.05) is 7.05 Å². The molecule has 0 aliphatic carbocycles. The molecule has 1 amide bonds. The molecule has 0 aliphatic rings. The summed E-state index contributed by atoms with van der Waals surface area (Å²) in [7, 11) is -0.861. The van der Waals surface area contributed by atoms with Crippen LogP contribution in [-0.2, 0) is 30.2 Å². The van der Waals surface area contributed by atoms with E-state index >= 15 is 0 Å². The van der Waals surface area contributed by atoms with Crippen LogP contribution in [0.15, 0.2) is 70.4 Å². The SMILES string of the molecule is CNC(=O)c1c(OCc2ccccc2)c(=O)cc(CNS(=O)(=O)c2ccc(Cl)cc2)n1C. The minimum absolute atomic E-state index is 0.00313. The lowest BCUT2D eigenvalue weighted by atomic mass is 10.2. The lowest BCUT2D eigenvalue weighted by Gasteiger charge is -2.18. The van der Waals surface area contributed by atoms with Crippen molar-refractivity contribution in [3.05, 3.63) is 92.9 Å². The summed E-state index contributed by atoms with van der Waals surface area (Å²) in [6.07, 6.45) is 0. The molecule has 10 heteroatoms. The van der Waals surface area contributed by atoms with Gasteiger partial charge in [0.15, 0.2) is 11.4 Å². The van der Waals surface area contributed by atoms with Gasteiger partial charge in [0, 0.05) is 30.9 Å². The maximum absolute atomic E-state index is 12.8. The molecule has 2 N–H and O–H groups in total. The van der Waals surface area contributed by atoms with E-state index in [9.17, 15) is 18.0 Å². The molecule has 0 bridgehead atoms. The fourth-order valence-electron chi connectivity index (χ4n) is 3.01. The van der Waals surface area contributed by atoms with Crippen LogP contribution in [0.3, 0.4) is 0 Å². The van der Waals surface area contributed by atoms with Gasteiger partial charge in [-0.05, 0) is 29.8 Å². The molecule has 0 saturated carbocycles. The van der Waals surface area contributed by atoms with Gasteiger partial charge in [-0.15, -0.1) is 0 Å². The molecule has 0 radical (unpaired) electrons. The Balaban J connectivity index is 1.90. The minimum Gasteiger partial charge on any atom is -0.483 e. The third-order valence-corrected chi connectivity index (χ3v) is 6.41. The highest BCUT2D eigenvalue weighted by molar-refractivity contribution is 7.89. The van der Waals surface area contributed by atoms with Crippen LogP contribution in [0.5, 0.6) is 5.75 Å². The first-order chi connectivity index (χ1) is 15.2. The van der Waals surface area contributed by atoms with E-state index in [-0.39, 0.29) is 35.2 Å². The number of pyridine rings is 1. The van der Waals surface area contributed by atoms with E-state index in [0.717, 1.165) is 5.56 Å². The highest BCUT2D eigenvalue weighted by Crippen LogP contribution is 2.18. The number of sulfonamides is 1. The Morgan fingerprint density at radius 1 is 1.09 bits per heavy atom. The first-order valence-electron chi connectivity index (χ1n) is 9.60. The van der Waals surface area contributed by atoms with E-state index in [1.165, 1.54) is 41.9 Å². The molecule has 168 valence electrons. The van der Waals surface area contributed by atoms with Gasteiger partial charge in [0.05, 0.1) is 11.4 Å². The van der Waals surface area contributed by atoms with Gasteiger partial charge < -0.3 is 14.6 Å². The molecule has 32 heavy (non-hydrogen) atoms. The normalized spacial score (nSPS) is 11.2. The number of carbonyl (C=O) groups excluding carboxylic acids is 1. The Bertz CT molecular complexity index is 1270. The van der Waals surface area contributed by atoms with Crippen molar-refractivity contribution in [2.24, 2.45) is 7.05 Å². The number of carbonyl (C=O) groups is 1. The summed E-state index contributed by atoms with van der Waals surface area (Å²) >= 11 is 5.81. The van der Waals surface area contributed by atoms with Crippen LogP contribution in [0, 0.1) is 0 Å². The zero-order valence-corrected chi connectivity index (χ0v) is 19.0. The van der Waals surface area contributed by atoms with Crippen LogP contribution in [0.1, 0.15) is 21.7 Å². The van der Waals surface area contributed by atoms with Crippen LogP contribution in [-0.4, -0.2) is 25.9 Å². The highest BCUT2D eigenvalue weighted by Gasteiger charge is 2.22. The Morgan fingerprint density at radius 3 is 2.38 bits per heavy atom. The van der Waals surface area contributed by atoms with Crippen molar-refractivity contribution >= 4 is 27.5 Å². The fraction of sp³-hybridized carbons (Fsp3) is 0.182. The standard InChI is InChI=1S/C22H22ClN3O5S/c1-24-22(28)20-21(31-14-15-6-4-3-5-7-15)19(27)12-17(26(20)2)13-25-32(29,30)18-10-8-16(23)9-11-18/h3-12,25H,13-14H2,1-2H3,(H,24,28). The Labute approximate surface area is 190 Å². The maximum Gasteiger partial charge on any atom is 0.271 e. The summed E-state index contributed by atoms with van der Waals surface area (Å²) < 4.78 is 34.7. The average molecular weight is 476 g/mol. The average Bonchev–Trinajstić information content (AvgIpc) is 2.78. The van der Waals surface area contributed by atoms with Crippen molar-refractivity contribution < 1.29 is 17.9 Å². The topological polar surface area (TPSA) is 106 Å². The van der Waals surface area contributed by atoms with Crippen LogP contribution in [0.4, 0.5) is 0 Å². The number of amides is 1. The van der Waals surface area contributed by atoms with Gasteiger partial charge in [0.25, 0.3) is 5.91 Å². The molecule has 0 spiro atoms. The lowest BCUT2D eigenvalue weighted by Crippen LogP contribution is -2.31. The Hall–Kier alpha value is -3.14. The number of halogens is 1. The largest absolute Gasteiger partial charge is 0.483 e. The molecule has 0 fully saturated rings. The second-order valence-electron chi connectivity index (χ2n) is 6.87. The van der Waals surface area contributed by atoms with Crippen molar-refractivity contribution in [3.8, 4) is 5.75 Å². The third-order valence-electron chi connectivity index (χ3n) is 4.74. The molecule has 2 aromatic carbocycles. The molecular weight excluding hydrogens is 454 g/mol. The second kappa shape index (κ2) is 9.99. The van der Waals surface area contributed by atoms with E-state index in [4.69, 9.17) is 16.3 Å². The highest BCUT2D eigenvalue weighted by atomic mass is 35.5. The molecule has 0 unspecified atom stereocenters. The summed E-state index contributed by atoms with van der Waals surface area (Å²) in [6, 6.07) is 16.1. The van der Waals surface area contributed by atoms with Crippen LogP contribution in [0.2, 0.25) is 5.02 Å². The molecule has 1 aromatic heterocycles. The molecule has 0 saturated heterocycles. The number of nitrogens with zero attached hydrogens (tertiary/aromatic N) is 1. The van der Waals surface area contributed by atoms with E-state index < -0.39 is 21.4 Å². The summed E-state index contributed by atoms with van der Waals surface area (Å²) in [4.78, 5) is 25.3. The van der Waals surface area contributed by atoms with E-state index in [2.05, 4.69) is 10.0 Å². The van der Waals surface area contributed by atoms with Crippen LogP contribution in [0.25, 0.3) is 0 Å². The van der Waals surface area contributed by atoms with Gasteiger partial charge in [-0.2, -0.15) is 0 Å². The molecule has 0 atom stereocenters. The number of nitrogens with one attached hydrogen (secondary N) is 2. The Morgan fingerprint density at radius 2 is 1.75 bits per heavy atom. The summed E-state index contributed by atoms with van der Waals surface area (Å²) in [5.74, 6) is -0.643. The van der Waals surface area contributed by atoms with Crippen LogP contribution >= 0.6 is 11.6 Å². The molecular formula is C22H22ClN3O5S. The summed E-state index contributed by atoms with van der Waals surface area (Å²) in [5.41, 5.74) is 0.588. The quantitative estimate of drug-likeness (QED) is 0.520. The number of rotatable bonds is 8. The first-order valence-corrected chi connectivity index (χ1v) is 11.5. The zero-order valence-electron chi connectivity index (χ0n) is 17.5. The van der Waals surface area contributed by atoms with E-state index in [1.54, 1.807) is 7.05 Å². The van der Waals surface area contributed by atoms with Crippen molar-refractivity contribution in [1.82, 2.24) is 14.6 Å². The molecule has 1 heterocycles. The minimum atomic E-state index is -3.86. The van der Waals surface area contributed by atoms with E-state index in [0.29, 0.717) is 5.02 Å². The van der Waals surface area contributed by atoms with Crippen molar-refractivity contribution in [1.29, 1.82) is 0 Å². The summed E-state index contributed by atoms with van der Waals surface area (Å²) in [5, 5.41) is 2.90. The lowest BCUT2D eigenvalue weighted by molar-refractivity contribution is 0.0948. The number of hydrogen-bond donors (Lipinski definition) is 2. The smallest absolute Gasteiger partial charge is 0.271 e. The Kier molecular flexibility index (Phi) is 7.34. The number of aromatic nitrogens is 1. The fourth-order valence-corrected chi connectivity index (χ4v) is 4.13. The molecule has 3 aromatic rings. The van der Waals surface area contributed by atoms with Gasteiger partial charge in [-0.1, -0.05) is 41.9 Å². The second-order valence-corrected chi connectivity index (χ2v) is 9.07. The third kappa shape index (κ3) is 5.37. The van der Waals surface area contributed by atoms with Gasteiger partial charge in [-0.25, -0.2) is 13.1 Å². The summed E-state index contributed by atoms with van der Waals surface area (Å²) in [6.45, 7) is -0.109. The number of benzene rings is 2. The van der Waals surface area contributed by atoms with Crippen molar-refractivity contribution in [3.63, 3.8) is 0 Å². The predicted octanol–water partition coefficient (Wildman–Crippen LogP) is 2.46. The van der Waals surface area contributed by atoms with Crippen LogP contribution < -0.4 is 20.2 Å². The zero-order chi connectivity index (χ0) is 23.3. The molecule has 3 rings (SSSR count). The first kappa shape index (κ1) is 23.5. The van der Waals surface area contributed by atoms with Gasteiger partial charge in [0.1, 0.15) is 6.61 Å². The van der Waals surface area contributed by atoms with Gasteiger partial charge in [-0.3, -0.25) is 9.59 Å². The van der Waals surface area contributed by atoms with Crippen molar-refractivity contribution in [2.45, 2.75) is 18.0 Å². The number of ether oxygens (including phenoxy) is 1. The molecule has 0 aliphatic heterocycles. The monoisotopic (exact) mass is 475 g/mol. The predicted molar refractivity (Wildman–Crippen MR) is 121 cm³/mol. The van der Waals surface area contributed by atoms with Gasteiger partial charge in [0.2, 0.25) is 15.5 Å². The molecule has 8 nitrogen and oxygen atoms in total.